The van der Waals surface area contributed by atoms with Crippen LogP contribution >= 0.6 is 0 Å². The number of hydrogen-bond donors (Lipinski definition) is 3. The molecule has 1 saturated heterocycles. The summed E-state index contributed by atoms with van der Waals surface area (Å²) >= 11 is 0. The molecule has 2 aliphatic rings. The molecule has 0 radical (unpaired) electrons. The van der Waals surface area contributed by atoms with E-state index in [0.717, 1.165) is 25.9 Å². The van der Waals surface area contributed by atoms with E-state index in [4.69, 9.17) is 0 Å². The highest BCUT2D eigenvalue weighted by atomic mass is 16.3. The number of aliphatic hydroxyl groups is 1. The van der Waals surface area contributed by atoms with Gasteiger partial charge in [-0.2, -0.15) is 0 Å². The molecule has 3 heteroatoms. The van der Waals surface area contributed by atoms with Crippen LogP contribution in [0.2, 0.25) is 0 Å². The van der Waals surface area contributed by atoms with Crippen molar-refractivity contribution < 1.29 is 5.11 Å². The molecule has 3 nitrogen and oxygen atoms in total. The van der Waals surface area contributed by atoms with Gasteiger partial charge in [-0.05, 0) is 64.1 Å². The lowest BCUT2D eigenvalue weighted by Gasteiger charge is -2.28. The van der Waals surface area contributed by atoms with Crippen LogP contribution in [0.5, 0.6) is 0 Å². The largest absolute Gasteiger partial charge is 0.393 e. The van der Waals surface area contributed by atoms with E-state index in [1.807, 2.05) is 0 Å². The van der Waals surface area contributed by atoms with Gasteiger partial charge >= 0.3 is 0 Å². The standard InChI is InChI=1S/C13H26N2O/c16-13-5-1-3-11(9-13)10-15-12-4-2-7-14-8-6-12/h11-16H,1-10H2. The molecule has 3 atom stereocenters. The molecule has 0 bridgehead atoms. The number of nitrogens with one attached hydrogen (secondary N) is 2. The van der Waals surface area contributed by atoms with Gasteiger partial charge in [0.05, 0.1) is 6.10 Å². The quantitative estimate of drug-likeness (QED) is 0.679. The monoisotopic (exact) mass is 226 g/mol. The smallest absolute Gasteiger partial charge is 0.0543 e. The fourth-order valence-corrected chi connectivity index (χ4v) is 3.00. The van der Waals surface area contributed by atoms with Crippen molar-refractivity contribution in [1.82, 2.24) is 10.6 Å². The third kappa shape index (κ3) is 4.04. The zero-order valence-electron chi connectivity index (χ0n) is 10.3. The van der Waals surface area contributed by atoms with Crippen LogP contribution in [0.15, 0.2) is 0 Å². The Morgan fingerprint density at radius 3 is 2.88 bits per heavy atom. The molecule has 16 heavy (non-hydrogen) atoms. The fourth-order valence-electron chi connectivity index (χ4n) is 3.00. The third-order valence-electron chi connectivity index (χ3n) is 4.03. The molecule has 94 valence electrons. The van der Waals surface area contributed by atoms with Crippen LogP contribution in [-0.2, 0) is 0 Å². The minimum Gasteiger partial charge on any atom is -0.393 e. The van der Waals surface area contributed by atoms with E-state index < -0.39 is 0 Å². The van der Waals surface area contributed by atoms with E-state index in [0.29, 0.717) is 12.0 Å². The van der Waals surface area contributed by atoms with Crippen LogP contribution in [0.3, 0.4) is 0 Å². The Bertz CT molecular complexity index is 188. The molecule has 3 N–H and O–H groups in total. The molecule has 2 fully saturated rings. The molecule has 0 aromatic carbocycles. The van der Waals surface area contributed by atoms with Gasteiger partial charge in [0.2, 0.25) is 0 Å². The molecule has 3 unspecified atom stereocenters. The first-order valence-electron chi connectivity index (χ1n) is 6.97. The van der Waals surface area contributed by atoms with Gasteiger partial charge in [-0.15, -0.1) is 0 Å². The molecule has 2 rings (SSSR count). The summed E-state index contributed by atoms with van der Waals surface area (Å²) in [6.07, 6.45) is 8.37. The third-order valence-corrected chi connectivity index (χ3v) is 4.03. The minimum absolute atomic E-state index is 0.0312. The van der Waals surface area contributed by atoms with E-state index in [2.05, 4.69) is 10.6 Å². The lowest BCUT2D eigenvalue weighted by molar-refractivity contribution is 0.0994. The van der Waals surface area contributed by atoms with Crippen molar-refractivity contribution in [3.63, 3.8) is 0 Å². The molecular formula is C13H26N2O. The molecule has 1 saturated carbocycles. The van der Waals surface area contributed by atoms with Crippen LogP contribution < -0.4 is 10.6 Å². The summed E-state index contributed by atoms with van der Waals surface area (Å²) in [7, 11) is 0. The number of rotatable bonds is 3. The SMILES string of the molecule is OC1CCCC(CNC2CCCNCC2)C1. The second kappa shape index (κ2) is 6.58. The van der Waals surface area contributed by atoms with Gasteiger partial charge in [-0.3, -0.25) is 0 Å². The van der Waals surface area contributed by atoms with Gasteiger partial charge in [-0.25, -0.2) is 0 Å². The van der Waals surface area contributed by atoms with Gasteiger partial charge in [-0.1, -0.05) is 6.42 Å². The van der Waals surface area contributed by atoms with Gasteiger partial charge in [0.15, 0.2) is 0 Å². The Kier molecular flexibility index (Phi) is 5.07. The average molecular weight is 226 g/mol. The average Bonchev–Trinajstić information content (AvgIpc) is 2.55. The number of aliphatic hydroxyl groups excluding tert-OH is 1. The summed E-state index contributed by atoms with van der Waals surface area (Å²) in [5.41, 5.74) is 0. The minimum atomic E-state index is -0.0312. The lowest BCUT2D eigenvalue weighted by atomic mass is 9.87. The first kappa shape index (κ1) is 12.3. The van der Waals surface area contributed by atoms with E-state index in [1.165, 1.54) is 38.6 Å². The second-order valence-electron chi connectivity index (χ2n) is 5.47. The molecule has 0 aromatic heterocycles. The molecule has 0 aromatic rings. The van der Waals surface area contributed by atoms with Gasteiger partial charge in [0, 0.05) is 6.04 Å². The molecule has 1 aliphatic heterocycles. The molecule has 1 aliphatic carbocycles. The van der Waals surface area contributed by atoms with Crippen LogP contribution in [-0.4, -0.2) is 36.9 Å². The topological polar surface area (TPSA) is 44.3 Å². The molecular weight excluding hydrogens is 200 g/mol. The Labute approximate surface area is 99.0 Å². The van der Waals surface area contributed by atoms with Crippen molar-refractivity contribution in [2.45, 2.75) is 57.1 Å². The maximum absolute atomic E-state index is 9.62. The van der Waals surface area contributed by atoms with Crippen molar-refractivity contribution in [2.24, 2.45) is 5.92 Å². The van der Waals surface area contributed by atoms with Crippen LogP contribution in [0, 0.1) is 5.92 Å². The maximum atomic E-state index is 9.62. The zero-order valence-corrected chi connectivity index (χ0v) is 10.3. The Balaban J connectivity index is 1.65. The van der Waals surface area contributed by atoms with E-state index in [9.17, 15) is 5.11 Å². The van der Waals surface area contributed by atoms with Crippen LogP contribution in [0.25, 0.3) is 0 Å². The highest BCUT2D eigenvalue weighted by Gasteiger charge is 2.21. The predicted octanol–water partition coefficient (Wildman–Crippen LogP) is 1.27. The number of hydrogen-bond acceptors (Lipinski definition) is 3. The highest BCUT2D eigenvalue weighted by molar-refractivity contribution is 4.78. The summed E-state index contributed by atoms with van der Waals surface area (Å²) in [4.78, 5) is 0. The Morgan fingerprint density at radius 1 is 1.06 bits per heavy atom. The van der Waals surface area contributed by atoms with Crippen molar-refractivity contribution in [3.8, 4) is 0 Å². The first-order valence-corrected chi connectivity index (χ1v) is 6.97. The molecule has 0 amide bonds. The molecule has 1 heterocycles. The second-order valence-corrected chi connectivity index (χ2v) is 5.47. The van der Waals surface area contributed by atoms with Gasteiger partial charge in [0.25, 0.3) is 0 Å². The van der Waals surface area contributed by atoms with Gasteiger partial charge in [0.1, 0.15) is 0 Å². The maximum Gasteiger partial charge on any atom is 0.0543 e. The fraction of sp³-hybridized carbons (Fsp3) is 1.00. The zero-order chi connectivity index (χ0) is 11.2. The lowest BCUT2D eigenvalue weighted by Crippen LogP contribution is -2.36. The summed E-state index contributed by atoms with van der Waals surface area (Å²) in [6.45, 7) is 3.45. The van der Waals surface area contributed by atoms with Crippen molar-refractivity contribution in [3.05, 3.63) is 0 Å². The van der Waals surface area contributed by atoms with Crippen LogP contribution in [0.1, 0.15) is 44.9 Å². The van der Waals surface area contributed by atoms with E-state index in [-0.39, 0.29) is 6.10 Å². The van der Waals surface area contributed by atoms with E-state index in [1.54, 1.807) is 0 Å². The predicted molar refractivity (Wildman–Crippen MR) is 66.5 cm³/mol. The van der Waals surface area contributed by atoms with Crippen molar-refractivity contribution in [1.29, 1.82) is 0 Å². The van der Waals surface area contributed by atoms with Gasteiger partial charge < -0.3 is 15.7 Å². The summed E-state index contributed by atoms with van der Waals surface area (Å²) in [6, 6.07) is 0.703. The normalized spacial score (nSPS) is 36.9. The summed E-state index contributed by atoms with van der Waals surface area (Å²) in [5, 5.41) is 16.8. The van der Waals surface area contributed by atoms with Crippen LogP contribution in [0.4, 0.5) is 0 Å². The highest BCUT2D eigenvalue weighted by Crippen LogP contribution is 2.23. The van der Waals surface area contributed by atoms with Crippen molar-refractivity contribution >= 4 is 0 Å². The first-order chi connectivity index (χ1) is 7.84. The summed E-state index contributed by atoms with van der Waals surface area (Å²) in [5.74, 6) is 0.708. The van der Waals surface area contributed by atoms with E-state index >= 15 is 0 Å². The van der Waals surface area contributed by atoms with Crippen molar-refractivity contribution in [2.75, 3.05) is 19.6 Å². The Hall–Kier alpha value is -0.120. The molecule has 0 spiro atoms. The Morgan fingerprint density at radius 2 is 2.00 bits per heavy atom. The summed E-state index contributed by atoms with van der Waals surface area (Å²) < 4.78 is 0.